The van der Waals surface area contributed by atoms with Gasteiger partial charge in [0.1, 0.15) is 0 Å². The van der Waals surface area contributed by atoms with Crippen LogP contribution in [0.4, 0.5) is 0 Å². The van der Waals surface area contributed by atoms with Gasteiger partial charge in [0.05, 0.1) is 0 Å². The van der Waals surface area contributed by atoms with E-state index in [2.05, 4.69) is 34.6 Å². The van der Waals surface area contributed by atoms with Gasteiger partial charge in [0.2, 0.25) is 0 Å². The van der Waals surface area contributed by atoms with Crippen LogP contribution in [0.3, 0.4) is 0 Å². The van der Waals surface area contributed by atoms with Crippen LogP contribution in [-0.4, -0.2) is 23.1 Å². The van der Waals surface area contributed by atoms with Gasteiger partial charge in [-0.25, -0.2) is 0 Å². The quantitative estimate of drug-likeness (QED) is 0.187. The van der Waals surface area contributed by atoms with Crippen LogP contribution < -0.4 is 0 Å². The molecule has 21 heavy (non-hydrogen) atoms. The van der Waals surface area contributed by atoms with Crippen molar-refractivity contribution in [3.63, 3.8) is 0 Å². The van der Waals surface area contributed by atoms with Crippen molar-refractivity contribution in [2.75, 3.05) is 0 Å². The minimum absolute atomic E-state index is 0. The Kier molecular flexibility index (Phi) is 32.6. The molecule has 0 aliphatic rings. The van der Waals surface area contributed by atoms with E-state index >= 15 is 0 Å². The van der Waals surface area contributed by atoms with Crippen molar-refractivity contribution in [3.05, 3.63) is 12.8 Å². The van der Waals surface area contributed by atoms with E-state index in [1.165, 1.54) is 83.5 Å². The second kappa shape index (κ2) is 25.7. The molecule has 0 rings (SSSR count). The van der Waals surface area contributed by atoms with Gasteiger partial charge in [-0.1, -0.05) is 91.9 Å². The Morgan fingerprint density at radius 2 is 1.10 bits per heavy atom. The molecule has 0 nitrogen and oxygen atoms in total. The van der Waals surface area contributed by atoms with E-state index in [9.17, 15) is 0 Å². The van der Waals surface area contributed by atoms with Gasteiger partial charge in [0, 0.05) is 0 Å². The molecule has 0 N–H and O–H groups in total. The van der Waals surface area contributed by atoms with E-state index in [-0.39, 0.29) is 23.1 Å². The van der Waals surface area contributed by atoms with Gasteiger partial charge >= 0.3 is 23.1 Å². The Balaban J connectivity index is -0.000000394. The standard InChI is InChI=1S/C14H29.C6H13.Mg/c1-4-7-9-10-11-13-14(6-3)12-8-5-2;1-3-5-6-4-2;/h4-13H2,1-3H3;1,3-6H2,2H3;/q2*-1;+2. The average molecular weight is 307 g/mol. The SMILES string of the molecule is CCCCCCC[C-](CC)CCCC.[CH2-]CCCCC.[Mg+2]. The first-order chi connectivity index (χ1) is 9.76. The van der Waals surface area contributed by atoms with E-state index in [4.69, 9.17) is 0 Å². The van der Waals surface area contributed by atoms with Gasteiger partial charge in [-0.15, -0.1) is 0 Å². The average Bonchev–Trinajstić information content (AvgIpc) is 2.48. The van der Waals surface area contributed by atoms with Crippen LogP contribution in [0, 0.1) is 12.8 Å². The molecule has 0 aromatic heterocycles. The second-order valence-corrected chi connectivity index (χ2v) is 5.93. The summed E-state index contributed by atoms with van der Waals surface area (Å²) in [4.78, 5) is 0. The second-order valence-electron chi connectivity index (χ2n) is 5.93. The predicted molar refractivity (Wildman–Crippen MR) is 102 cm³/mol. The number of hydrogen-bond acceptors (Lipinski definition) is 0. The van der Waals surface area contributed by atoms with Gasteiger partial charge in [-0.3, -0.25) is 0 Å². The molecule has 0 saturated carbocycles. The molecule has 0 aliphatic carbocycles. The molecule has 0 amide bonds. The van der Waals surface area contributed by atoms with Gasteiger partial charge in [-0.05, 0) is 0 Å². The summed E-state index contributed by atoms with van der Waals surface area (Å²) in [6, 6.07) is 0. The normalized spacial score (nSPS) is 10.0. The fraction of sp³-hybridized carbons (Fsp3) is 0.900. The van der Waals surface area contributed by atoms with Gasteiger partial charge in [-0.2, -0.15) is 25.7 Å². The molecule has 0 radical (unpaired) electrons. The first-order valence-electron chi connectivity index (χ1n) is 9.39. The molecule has 0 atom stereocenters. The van der Waals surface area contributed by atoms with Gasteiger partial charge in [0.25, 0.3) is 0 Å². The van der Waals surface area contributed by atoms with E-state index in [1.807, 2.05) is 5.92 Å². The van der Waals surface area contributed by atoms with Crippen molar-refractivity contribution in [2.45, 2.75) is 118 Å². The van der Waals surface area contributed by atoms with Crippen LogP contribution in [0.15, 0.2) is 0 Å². The zero-order valence-electron chi connectivity index (χ0n) is 15.8. The summed E-state index contributed by atoms with van der Waals surface area (Å²) in [5.41, 5.74) is 0. The number of hydrogen-bond donors (Lipinski definition) is 0. The van der Waals surface area contributed by atoms with Crippen LogP contribution in [0.2, 0.25) is 0 Å². The summed E-state index contributed by atoms with van der Waals surface area (Å²) in [6.07, 6.45) is 19.0. The third-order valence-corrected chi connectivity index (χ3v) is 3.87. The maximum Gasteiger partial charge on any atom is 2.00 e. The molecule has 124 valence electrons. The summed E-state index contributed by atoms with van der Waals surface area (Å²) in [5.74, 6) is 1.81. The predicted octanol–water partition coefficient (Wildman–Crippen LogP) is 7.54. The van der Waals surface area contributed by atoms with Crippen molar-refractivity contribution < 1.29 is 0 Å². The van der Waals surface area contributed by atoms with Crippen molar-refractivity contribution >= 4 is 23.1 Å². The first-order valence-corrected chi connectivity index (χ1v) is 9.39. The minimum atomic E-state index is 0. The summed E-state index contributed by atoms with van der Waals surface area (Å²) in [7, 11) is 0. The van der Waals surface area contributed by atoms with Crippen molar-refractivity contribution in [2.24, 2.45) is 0 Å². The monoisotopic (exact) mass is 306 g/mol. The Bertz CT molecular complexity index is 141. The fourth-order valence-corrected chi connectivity index (χ4v) is 2.31. The van der Waals surface area contributed by atoms with E-state index in [0.29, 0.717) is 0 Å². The van der Waals surface area contributed by atoms with Crippen LogP contribution in [0.1, 0.15) is 118 Å². The molecular formula is C20H42Mg. The molecule has 1 heteroatoms. The summed E-state index contributed by atoms with van der Waals surface area (Å²) in [5, 5.41) is 0. The molecular weight excluding hydrogens is 265 g/mol. The Labute approximate surface area is 153 Å². The van der Waals surface area contributed by atoms with Crippen LogP contribution in [0.25, 0.3) is 0 Å². The molecule has 0 fully saturated rings. The molecule has 0 unspecified atom stereocenters. The van der Waals surface area contributed by atoms with Gasteiger partial charge < -0.3 is 12.8 Å². The minimum Gasteiger partial charge on any atom is -0.343 e. The Hall–Kier alpha value is 0.766. The topological polar surface area (TPSA) is 0 Å². The molecule has 0 aromatic carbocycles. The summed E-state index contributed by atoms with van der Waals surface area (Å²) >= 11 is 0. The molecule has 0 heterocycles. The largest absolute Gasteiger partial charge is 2.00 e. The molecule has 0 saturated heterocycles. The molecule has 0 bridgehead atoms. The van der Waals surface area contributed by atoms with Crippen LogP contribution >= 0.6 is 0 Å². The Morgan fingerprint density at radius 1 is 0.619 bits per heavy atom. The van der Waals surface area contributed by atoms with Crippen molar-refractivity contribution in [1.29, 1.82) is 0 Å². The fourth-order valence-electron chi connectivity index (χ4n) is 2.31. The summed E-state index contributed by atoms with van der Waals surface area (Å²) < 4.78 is 0. The third kappa shape index (κ3) is 26.0. The Morgan fingerprint density at radius 3 is 1.52 bits per heavy atom. The van der Waals surface area contributed by atoms with E-state index in [1.54, 1.807) is 0 Å². The molecule has 0 aliphatic heterocycles. The molecule has 0 aromatic rings. The third-order valence-electron chi connectivity index (χ3n) is 3.87. The first kappa shape index (κ1) is 26.7. The van der Waals surface area contributed by atoms with E-state index < -0.39 is 0 Å². The van der Waals surface area contributed by atoms with Crippen LogP contribution in [0.5, 0.6) is 0 Å². The van der Waals surface area contributed by atoms with Gasteiger partial charge in [0.15, 0.2) is 0 Å². The maximum atomic E-state index is 3.72. The maximum absolute atomic E-state index is 3.72. The number of unbranched alkanes of at least 4 members (excludes halogenated alkanes) is 8. The smallest absolute Gasteiger partial charge is 0.343 e. The van der Waals surface area contributed by atoms with Crippen LogP contribution in [-0.2, 0) is 0 Å². The zero-order valence-corrected chi connectivity index (χ0v) is 17.2. The summed E-state index contributed by atoms with van der Waals surface area (Å²) in [6.45, 7) is 12.8. The number of rotatable bonds is 13. The molecule has 0 spiro atoms. The van der Waals surface area contributed by atoms with Crippen molar-refractivity contribution in [1.82, 2.24) is 0 Å². The van der Waals surface area contributed by atoms with E-state index in [0.717, 1.165) is 6.42 Å². The van der Waals surface area contributed by atoms with Crippen molar-refractivity contribution in [3.8, 4) is 0 Å². The zero-order chi connectivity index (χ0) is 15.5.